The molecule has 1 N–H and O–H groups in total. The van der Waals surface area contributed by atoms with Crippen LogP contribution in [0.15, 0.2) is 24.4 Å². The highest BCUT2D eigenvalue weighted by Crippen LogP contribution is 2.34. The normalized spacial score (nSPS) is 19.6. The molecule has 25 heavy (non-hydrogen) atoms. The van der Waals surface area contributed by atoms with Crippen molar-refractivity contribution in [3.05, 3.63) is 40.4 Å². The van der Waals surface area contributed by atoms with Gasteiger partial charge in [0.15, 0.2) is 0 Å². The summed E-state index contributed by atoms with van der Waals surface area (Å²) in [5, 5.41) is 4.00. The maximum Gasteiger partial charge on any atom is 0.213 e. The van der Waals surface area contributed by atoms with Crippen LogP contribution in [0.4, 0.5) is 10.2 Å². The van der Waals surface area contributed by atoms with Gasteiger partial charge in [0.1, 0.15) is 5.82 Å². The molecule has 3 rings (SSSR count). The molecule has 0 amide bonds. The van der Waals surface area contributed by atoms with Gasteiger partial charge in [-0.1, -0.05) is 23.2 Å². The fourth-order valence-electron chi connectivity index (χ4n) is 3.11. The Morgan fingerprint density at radius 1 is 1.36 bits per heavy atom. The molecule has 0 spiro atoms. The van der Waals surface area contributed by atoms with Crippen LogP contribution in [0, 0.1) is 11.9 Å². The van der Waals surface area contributed by atoms with Crippen LogP contribution in [-0.2, 0) is 4.74 Å². The van der Waals surface area contributed by atoms with Gasteiger partial charge in [-0.25, -0.2) is 9.97 Å². The second kappa shape index (κ2) is 7.44. The Labute approximate surface area is 156 Å². The first kappa shape index (κ1) is 18.4. The van der Waals surface area contributed by atoms with Gasteiger partial charge in [-0.05, 0) is 38.7 Å². The zero-order valence-corrected chi connectivity index (χ0v) is 15.7. The fourth-order valence-corrected chi connectivity index (χ4v) is 3.51. The van der Waals surface area contributed by atoms with E-state index in [4.69, 9.17) is 27.9 Å². The van der Waals surface area contributed by atoms with Crippen LogP contribution in [0.25, 0.3) is 11.3 Å². The van der Waals surface area contributed by atoms with Crippen LogP contribution in [0.2, 0.25) is 10.0 Å². The summed E-state index contributed by atoms with van der Waals surface area (Å²) < 4.78 is 19.2. The maximum atomic E-state index is 13.4. The van der Waals surface area contributed by atoms with E-state index in [2.05, 4.69) is 29.1 Å². The van der Waals surface area contributed by atoms with Gasteiger partial charge >= 0.3 is 0 Å². The number of halogens is 3. The Kier molecular flexibility index (Phi) is 5.46. The van der Waals surface area contributed by atoms with E-state index in [1.807, 2.05) is 0 Å². The summed E-state index contributed by atoms with van der Waals surface area (Å²) >= 11 is 12.5. The van der Waals surface area contributed by atoms with Crippen molar-refractivity contribution in [3.63, 3.8) is 0 Å². The molecule has 1 aliphatic rings. The number of nitrogens with one attached hydrogen (secondary N) is 1. The number of nitrogens with zero attached hydrogens (tertiary/aromatic N) is 2. The molecule has 0 radical (unpaired) electrons. The number of ether oxygens (including phenoxy) is 1. The first-order chi connectivity index (χ1) is 11.8. The van der Waals surface area contributed by atoms with Gasteiger partial charge in [0.2, 0.25) is 5.95 Å². The topological polar surface area (TPSA) is 47.0 Å². The molecule has 2 aromatic rings. The minimum atomic E-state index is -0.589. The third kappa shape index (κ3) is 4.60. The van der Waals surface area contributed by atoms with Crippen LogP contribution in [-0.4, -0.2) is 28.7 Å². The van der Waals surface area contributed by atoms with E-state index in [9.17, 15) is 4.39 Å². The molecule has 0 aromatic carbocycles. The van der Waals surface area contributed by atoms with Crippen molar-refractivity contribution in [2.45, 2.75) is 32.3 Å². The fraction of sp³-hybridized carbons (Fsp3) is 0.444. The number of rotatable bonds is 4. The average Bonchev–Trinajstić information content (AvgIpc) is 2.55. The summed E-state index contributed by atoms with van der Waals surface area (Å²) in [5.74, 6) is 0.516. The monoisotopic (exact) mass is 383 g/mol. The number of anilines is 1. The van der Waals surface area contributed by atoms with E-state index in [-0.39, 0.29) is 5.60 Å². The molecule has 0 saturated carbocycles. The third-order valence-corrected chi connectivity index (χ3v) is 5.06. The lowest BCUT2D eigenvalue weighted by atomic mass is 9.88. The van der Waals surface area contributed by atoms with Crippen LogP contribution in [0.5, 0.6) is 0 Å². The molecule has 7 heteroatoms. The van der Waals surface area contributed by atoms with Gasteiger partial charge in [0.05, 0.1) is 21.3 Å². The van der Waals surface area contributed by atoms with Gasteiger partial charge < -0.3 is 10.1 Å². The first-order valence-corrected chi connectivity index (χ1v) is 8.95. The van der Waals surface area contributed by atoms with Crippen molar-refractivity contribution in [2.24, 2.45) is 5.92 Å². The van der Waals surface area contributed by atoms with Crippen LogP contribution >= 0.6 is 23.2 Å². The molecule has 134 valence electrons. The van der Waals surface area contributed by atoms with Crippen LogP contribution in [0.3, 0.4) is 0 Å². The molecule has 4 nitrogen and oxygen atoms in total. The van der Waals surface area contributed by atoms with Crippen molar-refractivity contribution in [1.82, 2.24) is 9.97 Å². The predicted molar refractivity (Wildman–Crippen MR) is 98.7 cm³/mol. The van der Waals surface area contributed by atoms with Crippen molar-refractivity contribution in [3.8, 4) is 11.3 Å². The smallest absolute Gasteiger partial charge is 0.213 e. The minimum absolute atomic E-state index is 0.102. The minimum Gasteiger partial charge on any atom is -0.376 e. The van der Waals surface area contributed by atoms with Crippen LogP contribution in [0.1, 0.15) is 26.7 Å². The third-order valence-electron chi connectivity index (χ3n) is 4.28. The summed E-state index contributed by atoms with van der Waals surface area (Å²) in [6.07, 6.45) is 3.35. The van der Waals surface area contributed by atoms with Crippen molar-refractivity contribution >= 4 is 29.0 Å². The molecule has 1 aliphatic heterocycles. The highest BCUT2D eigenvalue weighted by molar-refractivity contribution is 6.43. The molecule has 1 atom stereocenters. The van der Waals surface area contributed by atoms with Gasteiger partial charge in [0.25, 0.3) is 0 Å². The molecular weight excluding hydrogens is 364 g/mol. The van der Waals surface area contributed by atoms with Crippen LogP contribution < -0.4 is 5.32 Å². The Balaban J connectivity index is 1.78. The lowest BCUT2D eigenvalue weighted by molar-refractivity contribution is -0.0699. The summed E-state index contributed by atoms with van der Waals surface area (Å²) in [6, 6.07) is 4.63. The molecule has 1 fully saturated rings. The van der Waals surface area contributed by atoms with Gasteiger partial charge in [-0.2, -0.15) is 4.39 Å². The molecule has 3 heterocycles. The SMILES string of the molecule is CC1(C)CC(CNc2cc(Cl)c(Cl)c(-c3ccnc(F)c3)n2)CCO1. The summed E-state index contributed by atoms with van der Waals surface area (Å²) in [5.41, 5.74) is 0.871. The molecular formula is C18H20Cl2FN3O. The first-order valence-electron chi connectivity index (χ1n) is 8.20. The highest BCUT2D eigenvalue weighted by Gasteiger charge is 2.28. The number of hydrogen-bond donors (Lipinski definition) is 1. The van der Waals surface area contributed by atoms with Gasteiger partial charge in [-0.15, -0.1) is 0 Å². The largest absolute Gasteiger partial charge is 0.376 e. The average molecular weight is 384 g/mol. The predicted octanol–water partition coefficient (Wildman–Crippen LogP) is 5.21. The zero-order valence-electron chi connectivity index (χ0n) is 14.2. The van der Waals surface area contributed by atoms with E-state index < -0.39 is 5.95 Å². The van der Waals surface area contributed by atoms with Crippen molar-refractivity contribution in [2.75, 3.05) is 18.5 Å². The Hall–Kier alpha value is -1.43. The molecule has 0 bridgehead atoms. The van der Waals surface area contributed by atoms with Crippen molar-refractivity contribution < 1.29 is 9.13 Å². The Bertz CT molecular complexity index is 770. The maximum absolute atomic E-state index is 13.4. The quantitative estimate of drug-likeness (QED) is 0.736. The number of hydrogen-bond acceptors (Lipinski definition) is 4. The van der Waals surface area contributed by atoms with E-state index >= 15 is 0 Å². The number of pyridine rings is 2. The summed E-state index contributed by atoms with van der Waals surface area (Å²) in [4.78, 5) is 8.06. The lowest BCUT2D eigenvalue weighted by Gasteiger charge is -2.35. The molecule has 0 aliphatic carbocycles. The van der Waals surface area contributed by atoms with Gasteiger partial charge in [-0.3, -0.25) is 0 Å². The second-order valence-corrected chi connectivity index (χ2v) is 7.65. The summed E-state index contributed by atoms with van der Waals surface area (Å²) in [6.45, 7) is 5.73. The van der Waals surface area contributed by atoms with Gasteiger partial charge in [0, 0.05) is 37.0 Å². The highest BCUT2D eigenvalue weighted by atomic mass is 35.5. The number of aromatic nitrogens is 2. The lowest BCUT2D eigenvalue weighted by Crippen LogP contribution is -2.36. The molecule has 1 saturated heterocycles. The van der Waals surface area contributed by atoms with E-state index in [0.717, 1.165) is 26.0 Å². The van der Waals surface area contributed by atoms with E-state index in [0.29, 0.717) is 33.0 Å². The second-order valence-electron chi connectivity index (χ2n) is 6.87. The summed E-state index contributed by atoms with van der Waals surface area (Å²) in [7, 11) is 0. The zero-order chi connectivity index (χ0) is 18.0. The van der Waals surface area contributed by atoms with Crippen molar-refractivity contribution in [1.29, 1.82) is 0 Å². The van der Waals surface area contributed by atoms with E-state index in [1.165, 1.54) is 12.3 Å². The standard InChI is InChI=1S/C18H20Cl2FN3O/c1-18(2)9-11(4-6-25-18)10-23-15-8-13(19)16(20)17(24-15)12-3-5-22-14(21)7-12/h3,5,7-8,11H,4,6,9-10H2,1-2H3,(H,23,24). The van der Waals surface area contributed by atoms with E-state index in [1.54, 1.807) is 12.1 Å². The molecule has 2 aromatic heterocycles. The Morgan fingerprint density at radius 2 is 2.16 bits per heavy atom. The molecule has 1 unspecified atom stereocenters. The Morgan fingerprint density at radius 3 is 2.88 bits per heavy atom.